The number of hydrogen-bond donors (Lipinski definition) is 0. The van der Waals surface area contributed by atoms with Gasteiger partial charge in [0, 0.05) is 29.0 Å². The van der Waals surface area contributed by atoms with Gasteiger partial charge in [-0.3, -0.25) is 0 Å². The Kier molecular flexibility index (Phi) is 11.5. The van der Waals surface area contributed by atoms with Gasteiger partial charge in [0.15, 0.2) is 0 Å². The van der Waals surface area contributed by atoms with Crippen molar-refractivity contribution in [3.63, 3.8) is 0 Å². The molecule has 2 aliphatic heterocycles. The molecule has 0 amide bonds. The quantitative estimate of drug-likeness (QED) is 0.149. The first kappa shape index (κ1) is 47.1. The molecule has 0 fully saturated rings. The van der Waals surface area contributed by atoms with Gasteiger partial charge in [-0.05, 0) is 114 Å². The van der Waals surface area contributed by atoms with Crippen LogP contribution in [0.1, 0.15) is 111 Å². The molecule has 6 heteroatoms. The van der Waals surface area contributed by atoms with E-state index in [4.69, 9.17) is 9.98 Å². The largest absolute Gasteiger partial charge is 2.00 e. The van der Waals surface area contributed by atoms with Gasteiger partial charge in [0.05, 0.1) is 16.9 Å². The van der Waals surface area contributed by atoms with Crippen LogP contribution in [0, 0.1) is 32.9 Å². The fourth-order valence-corrected chi connectivity index (χ4v) is 11.6. The second-order valence-electron chi connectivity index (χ2n) is 21.7. The van der Waals surface area contributed by atoms with E-state index in [1.165, 1.54) is 50.0 Å². The van der Waals surface area contributed by atoms with Crippen molar-refractivity contribution < 1.29 is 21.1 Å². The molecule has 7 aromatic carbocycles. The molecule has 1 atom stereocenters. The molecule has 4 heterocycles. The maximum Gasteiger partial charge on any atom is 2.00 e. The van der Waals surface area contributed by atoms with E-state index >= 15 is 0 Å². The van der Waals surface area contributed by atoms with Crippen LogP contribution >= 0.6 is 0 Å². The van der Waals surface area contributed by atoms with Gasteiger partial charge >= 0.3 is 21.1 Å². The van der Waals surface area contributed by atoms with Crippen LogP contribution in [-0.4, -0.2) is 26.5 Å². The number of nitrogens with zero attached hydrogens (tertiary/aromatic N) is 5. The van der Waals surface area contributed by atoms with E-state index in [0.717, 1.165) is 56.3 Å². The SMILES string of the molecule is Cc1cc(C2=N[C@](C)(C(c3ccccc3)c3ccccc3)C(C)(C)N2c2c(C)cccc2C)[c-]c(N2c3[c-]c4c(cc3C(C)(C)c3ccccc32)c2ccccc2n4-c2cc(C(C)(C)C)ccn2)c1.[Pt+2]. The van der Waals surface area contributed by atoms with Crippen LogP contribution in [0.4, 0.5) is 22.7 Å². The molecule has 0 saturated carbocycles. The molecule has 2 aliphatic rings. The van der Waals surface area contributed by atoms with Crippen LogP contribution in [0.2, 0.25) is 0 Å². The molecular weight excluding hydrogens is 1030 g/mol. The third-order valence-corrected chi connectivity index (χ3v) is 15.6. The summed E-state index contributed by atoms with van der Waals surface area (Å²) in [6, 6.07) is 65.8. The third-order valence-electron chi connectivity index (χ3n) is 15.6. The summed E-state index contributed by atoms with van der Waals surface area (Å²) in [5, 5.41) is 2.34. The van der Waals surface area contributed by atoms with E-state index in [2.05, 4.69) is 260 Å². The third kappa shape index (κ3) is 7.29. The summed E-state index contributed by atoms with van der Waals surface area (Å²) in [6.45, 7) is 25.3. The van der Waals surface area contributed by atoms with Gasteiger partial charge in [-0.1, -0.05) is 168 Å². The zero-order valence-corrected chi connectivity index (χ0v) is 44.5. The predicted octanol–water partition coefficient (Wildman–Crippen LogP) is 15.7. The number of pyridine rings is 1. The van der Waals surface area contributed by atoms with Crippen LogP contribution in [-0.2, 0) is 31.9 Å². The first-order valence-corrected chi connectivity index (χ1v) is 24.5. The molecule has 5 nitrogen and oxygen atoms in total. The van der Waals surface area contributed by atoms with Gasteiger partial charge in [-0.15, -0.1) is 46.3 Å². The summed E-state index contributed by atoms with van der Waals surface area (Å²) >= 11 is 0. The number of aryl methyl sites for hydroxylation is 3. The Labute approximate surface area is 429 Å². The number of fused-ring (bicyclic) bond motifs is 5. The minimum Gasteiger partial charge on any atom is -0.358 e. The number of benzene rings is 7. The fraction of sp³-hybridized carbons (Fsp3) is 0.250. The van der Waals surface area contributed by atoms with Gasteiger partial charge in [0.2, 0.25) is 0 Å². The van der Waals surface area contributed by atoms with Crippen molar-refractivity contribution in [2.45, 2.75) is 104 Å². The predicted molar refractivity (Wildman–Crippen MR) is 289 cm³/mol. The van der Waals surface area contributed by atoms with Crippen LogP contribution in [0.15, 0.2) is 169 Å². The fourth-order valence-electron chi connectivity index (χ4n) is 11.6. The first-order chi connectivity index (χ1) is 33.0. The number of anilines is 4. The second-order valence-corrected chi connectivity index (χ2v) is 21.7. The maximum absolute atomic E-state index is 6.08. The normalized spacial score (nSPS) is 17.1. The average molecular weight is 1100 g/mol. The monoisotopic (exact) mass is 1090 g/mol. The van der Waals surface area contributed by atoms with Gasteiger partial charge < -0.3 is 19.4 Å². The number of rotatable bonds is 7. The van der Waals surface area contributed by atoms with E-state index in [-0.39, 0.29) is 37.8 Å². The standard InChI is InChI=1S/C64H61N5.Pt/c1-41-35-46(60-66-64(11,63(9,10)69(60)59-42(2)23-22-24-43(59)3)58(44-25-14-12-15-26-44)45-27-16-13-17-28-45)37-48(36-41)67-54-32-21-19-30-51(54)62(7,8)52-39-50-49-29-18-20-31-53(49)68(55(50)40-56(52)67)57-38-47(33-34-65-57)61(4,5)6;/h12-36,38-39,58H,1-11H3;/q-2;+2/t64-;/m1./s1. The zero-order valence-electron chi connectivity index (χ0n) is 42.2. The van der Waals surface area contributed by atoms with Crippen molar-refractivity contribution in [3.05, 3.63) is 226 Å². The molecule has 0 radical (unpaired) electrons. The Hall–Kier alpha value is -6.55. The summed E-state index contributed by atoms with van der Waals surface area (Å²) in [4.78, 5) is 16.1. The van der Waals surface area contributed by atoms with Crippen molar-refractivity contribution in [2.24, 2.45) is 4.99 Å². The molecule has 0 spiro atoms. The van der Waals surface area contributed by atoms with Crippen LogP contribution in [0.25, 0.3) is 27.6 Å². The molecule has 352 valence electrons. The molecule has 9 aromatic rings. The first-order valence-electron chi connectivity index (χ1n) is 24.5. The van der Waals surface area contributed by atoms with E-state index in [9.17, 15) is 0 Å². The van der Waals surface area contributed by atoms with Crippen LogP contribution < -0.4 is 9.80 Å². The molecule has 70 heavy (non-hydrogen) atoms. The van der Waals surface area contributed by atoms with E-state index in [1.54, 1.807) is 0 Å². The number of aliphatic imine (C=N–C) groups is 1. The van der Waals surface area contributed by atoms with Gasteiger partial charge in [-0.25, -0.2) is 4.98 Å². The molecule has 0 bridgehead atoms. The van der Waals surface area contributed by atoms with E-state index in [1.807, 2.05) is 6.20 Å². The van der Waals surface area contributed by atoms with Crippen LogP contribution in [0.5, 0.6) is 0 Å². The second kappa shape index (κ2) is 17.1. The van der Waals surface area contributed by atoms with Gasteiger partial charge in [0.25, 0.3) is 0 Å². The minimum absolute atomic E-state index is 0. The molecule has 0 saturated heterocycles. The molecule has 0 aliphatic carbocycles. The molecule has 0 unspecified atom stereocenters. The van der Waals surface area contributed by atoms with Crippen molar-refractivity contribution in [3.8, 4) is 5.82 Å². The Morgan fingerprint density at radius 3 is 1.91 bits per heavy atom. The molecular formula is C64H61N5Pt. The number of amidine groups is 1. The Bertz CT molecular complexity index is 3440. The summed E-state index contributed by atoms with van der Waals surface area (Å²) in [5.41, 5.74) is 15.5. The van der Waals surface area contributed by atoms with E-state index in [0.29, 0.717) is 0 Å². The summed E-state index contributed by atoms with van der Waals surface area (Å²) in [5.74, 6) is 1.75. The average Bonchev–Trinajstić information content (AvgIpc) is 3.76. The zero-order chi connectivity index (χ0) is 48.2. The van der Waals surface area contributed by atoms with E-state index < -0.39 is 11.1 Å². The number of para-hydroxylation sites is 3. The van der Waals surface area contributed by atoms with Crippen molar-refractivity contribution in [2.75, 3.05) is 9.80 Å². The summed E-state index contributed by atoms with van der Waals surface area (Å²) < 4.78 is 2.31. The smallest absolute Gasteiger partial charge is 0.358 e. The van der Waals surface area contributed by atoms with Crippen molar-refractivity contribution >= 4 is 50.4 Å². The topological polar surface area (TPSA) is 36.7 Å². The Morgan fingerprint density at radius 2 is 1.24 bits per heavy atom. The molecule has 11 rings (SSSR count). The Morgan fingerprint density at radius 1 is 0.614 bits per heavy atom. The molecule has 2 aromatic heterocycles. The van der Waals surface area contributed by atoms with Crippen molar-refractivity contribution in [1.29, 1.82) is 0 Å². The Balaban J connectivity index is 0.00000567. The summed E-state index contributed by atoms with van der Waals surface area (Å²) in [6.07, 6.45) is 1.95. The van der Waals surface area contributed by atoms with Crippen molar-refractivity contribution in [1.82, 2.24) is 9.55 Å². The minimum atomic E-state index is -0.628. The van der Waals surface area contributed by atoms with Gasteiger partial charge in [-0.2, -0.15) is 6.07 Å². The van der Waals surface area contributed by atoms with Crippen LogP contribution in [0.3, 0.4) is 0 Å². The molecule has 0 N–H and O–H groups in total. The number of aromatic nitrogens is 2. The number of hydrogen-bond acceptors (Lipinski definition) is 4. The maximum atomic E-state index is 6.08. The summed E-state index contributed by atoms with van der Waals surface area (Å²) in [7, 11) is 0. The van der Waals surface area contributed by atoms with Gasteiger partial charge in [0.1, 0.15) is 5.82 Å².